The number of alkyl halides is 1. The van der Waals surface area contributed by atoms with Crippen molar-refractivity contribution in [3.05, 3.63) is 0 Å². The van der Waals surface area contributed by atoms with Crippen LogP contribution in [0.15, 0.2) is 0 Å². The Morgan fingerprint density at radius 3 is 2.50 bits per heavy atom. The molecule has 1 heterocycles. The first kappa shape index (κ1) is 9.89. The van der Waals surface area contributed by atoms with Crippen LogP contribution in [0.25, 0.3) is 0 Å². The van der Waals surface area contributed by atoms with Gasteiger partial charge in [0.25, 0.3) is 0 Å². The zero-order chi connectivity index (χ0) is 9.03. The highest BCUT2D eigenvalue weighted by molar-refractivity contribution is 4.82. The van der Waals surface area contributed by atoms with Gasteiger partial charge in [-0.3, -0.25) is 0 Å². The zero-order valence-corrected chi connectivity index (χ0v) is 7.00. The molecule has 1 unspecified atom stereocenters. The van der Waals surface area contributed by atoms with Gasteiger partial charge in [-0.15, -0.1) is 0 Å². The third-order valence-corrected chi connectivity index (χ3v) is 2.18. The topological polar surface area (TPSA) is 49.7 Å². The molecule has 0 aromatic heterocycles. The lowest BCUT2D eigenvalue weighted by atomic mass is 9.98. The predicted molar refractivity (Wildman–Crippen MR) is 41.6 cm³/mol. The Bertz CT molecular complexity index is 130. The van der Waals surface area contributed by atoms with Gasteiger partial charge in [0.2, 0.25) is 0 Å². The third kappa shape index (κ3) is 2.40. The number of rotatable bonds is 4. The van der Waals surface area contributed by atoms with Crippen molar-refractivity contribution < 1.29 is 19.3 Å². The van der Waals surface area contributed by atoms with Gasteiger partial charge in [0.1, 0.15) is 0 Å². The lowest BCUT2D eigenvalue weighted by Crippen LogP contribution is -2.36. The van der Waals surface area contributed by atoms with Crippen LogP contribution in [0.3, 0.4) is 0 Å². The number of aliphatic hydroxyl groups is 2. The highest BCUT2D eigenvalue weighted by Crippen LogP contribution is 2.24. The molecule has 0 aliphatic carbocycles. The van der Waals surface area contributed by atoms with E-state index in [-0.39, 0.29) is 12.5 Å². The summed E-state index contributed by atoms with van der Waals surface area (Å²) in [5.41, 5.74) is -1.87. The molecule has 0 bridgehead atoms. The normalized spacial score (nSPS) is 24.8. The summed E-state index contributed by atoms with van der Waals surface area (Å²) in [6, 6.07) is 0. The predicted octanol–water partition coefficient (Wildman–Crippen LogP) is 0.248. The van der Waals surface area contributed by atoms with E-state index >= 15 is 0 Å². The van der Waals surface area contributed by atoms with Gasteiger partial charge in [-0.25, -0.2) is 4.39 Å². The molecule has 1 fully saturated rings. The van der Waals surface area contributed by atoms with Crippen molar-refractivity contribution in [2.75, 3.05) is 19.8 Å². The van der Waals surface area contributed by atoms with Crippen molar-refractivity contribution in [2.24, 2.45) is 0 Å². The van der Waals surface area contributed by atoms with E-state index in [1.165, 1.54) is 0 Å². The molecule has 0 aromatic rings. The second kappa shape index (κ2) is 4.16. The standard InChI is InChI=1S/C8H15FO3/c9-8(5-10,6-11)4-7-2-1-3-12-7/h7,10-11H,1-6H2. The van der Waals surface area contributed by atoms with Crippen LogP contribution in [0.4, 0.5) is 4.39 Å². The van der Waals surface area contributed by atoms with Gasteiger partial charge < -0.3 is 14.9 Å². The summed E-state index contributed by atoms with van der Waals surface area (Å²) in [7, 11) is 0. The molecule has 72 valence electrons. The van der Waals surface area contributed by atoms with E-state index in [0.717, 1.165) is 12.8 Å². The van der Waals surface area contributed by atoms with E-state index in [0.29, 0.717) is 6.61 Å². The van der Waals surface area contributed by atoms with Gasteiger partial charge in [-0.1, -0.05) is 0 Å². The van der Waals surface area contributed by atoms with Crippen molar-refractivity contribution in [1.82, 2.24) is 0 Å². The summed E-state index contributed by atoms with van der Waals surface area (Å²) in [6.45, 7) is -0.607. The lowest BCUT2D eigenvalue weighted by molar-refractivity contribution is -0.0282. The minimum absolute atomic E-state index is 0.0972. The van der Waals surface area contributed by atoms with Crippen molar-refractivity contribution in [3.8, 4) is 0 Å². The molecule has 1 atom stereocenters. The summed E-state index contributed by atoms with van der Waals surface area (Å²) < 4.78 is 18.5. The van der Waals surface area contributed by atoms with Gasteiger partial charge in [-0.05, 0) is 12.8 Å². The molecule has 1 aliphatic heterocycles. The monoisotopic (exact) mass is 178 g/mol. The third-order valence-electron chi connectivity index (χ3n) is 2.18. The molecule has 0 saturated carbocycles. The molecule has 1 rings (SSSR count). The summed E-state index contributed by atoms with van der Waals surface area (Å²) in [6.07, 6.45) is 1.73. The fourth-order valence-electron chi connectivity index (χ4n) is 1.39. The van der Waals surface area contributed by atoms with Gasteiger partial charge in [-0.2, -0.15) is 0 Å². The molecule has 4 heteroatoms. The van der Waals surface area contributed by atoms with Crippen molar-refractivity contribution in [3.63, 3.8) is 0 Å². The molecular weight excluding hydrogens is 163 g/mol. The van der Waals surface area contributed by atoms with Crippen molar-refractivity contribution in [1.29, 1.82) is 0 Å². The molecule has 0 aromatic carbocycles. The lowest BCUT2D eigenvalue weighted by Gasteiger charge is -2.23. The molecular formula is C8H15FO3. The molecule has 0 amide bonds. The molecule has 12 heavy (non-hydrogen) atoms. The SMILES string of the molecule is OCC(F)(CO)CC1CCCO1. The van der Waals surface area contributed by atoms with Crippen LogP contribution < -0.4 is 0 Å². The summed E-state index contributed by atoms with van der Waals surface area (Å²) in [5, 5.41) is 17.3. The number of hydrogen-bond donors (Lipinski definition) is 2. The average molecular weight is 178 g/mol. The number of halogens is 1. The maximum Gasteiger partial charge on any atom is 0.159 e. The Hall–Kier alpha value is -0.190. The quantitative estimate of drug-likeness (QED) is 0.648. The smallest absolute Gasteiger partial charge is 0.159 e. The van der Waals surface area contributed by atoms with E-state index in [2.05, 4.69) is 0 Å². The highest BCUT2D eigenvalue weighted by atomic mass is 19.1. The van der Waals surface area contributed by atoms with Crippen LogP contribution >= 0.6 is 0 Å². The molecule has 0 spiro atoms. The van der Waals surface area contributed by atoms with E-state index in [9.17, 15) is 4.39 Å². The zero-order valence-electron chi connectivity index (χ0n) is 7.00. The fraction of sp³-hybridized carbons (Fsp3) is 1.00. The number of ether oxygens (including phenoxy) is 1. The minimum Gasteiger partial charge on any atom is -0.393 e. The number of aliphatic hydroxyl groups excluding tert-OH is 2. The largest absolute Gasteiger partial charge is 0.393 e. The van der Waals surface area contributed by atoms with Crippen LogP contribution in [-0.2, 0) is 4.74 Å². The molecule has 1 aliphatic rings. The maximum atomic E-state index is 13.3. The second-order valence-electron chi connectivity index (χ2n) is 3.31. The van der Waals surface area contributed by atoms with E-state index in [4.69, 9.17) is 14.9 Å². The first-order valence-electron chi connectivity index (χ1n) is 4.22. The Balaban J connectivity index is 2.35. The molecule has 3 nitrogen and oxygen atoms in total. The highest BCUT2D eigenvalue weighted by Gasteiger charge is 2.33. The first-order valence-corrected chi connectivity index (χ1v) is 4.22. The minimum atomic E-state index is -1.87. The van der Waals surface area contributed by atoms with Crippen molar-refractivity contribution >= 4 is 0 Å². The van der Waals surface area contributed by atoms with Crippen LogP contribution in [-0.4, -0.2) is 41.8 Å². The van der Waals surface area contributed by atoms with Crippen molar-refractivity contribution in [2.45, 2.75) is 31.0 Å². The fourth-order valence-corrected chi connectivity index (χ4v) is 1.39. The van der Waals surface area contributed by atoms with Gasteiger partial charge in [0.05, 0.1) is 19.3 Å². The van der Waals surface area contributed by atoms with Crippen LogP contribution in [0.1, 0.15) is 19.3 Å². The Morgan fingerprint density at radius 1 is 1.42 bits per heavy atom. The van der Waals surface area contributed by atoms with E-state index in [1.807, 2.05) is 0 Å². The Labute approximate surface area is 71.2 Å². The summed E-state index contributed by atoms with van der Waals surface area (Å²) in [4.78, 5) is 0. The van der Waals surface area contributed by atoms with E-state index < -0.39 is 18.9 Å². The van der Waals surface area contributed by atoms with Gasteiger partial charge in [0, 0.05) is 13.0 Å². The van der Waals surface area contributed by atoms with Gasteiger partial charge >= 0.3 is 0 Å². The summed E-state index contributed by atoms with van der Waals surface area (Å²) >= 11 is 0. The van der Waals surface area contributed by atoms with Crippen LogP contribution in [0.2, 0.25) is 0 Å². The molecule has 2 N–H and O–H groups in total. The van der Waals surface area contributed by atoms with Crippen LogP contribution in [0, 0.1) is 0 Å². The average Bonchev–Trinajstić information content (AvgIpc) is 2.57. The first-order chi connectivity index (χ1) is 5.70. The van der Waals surface area contributed by atoms with E-state index in [1.54, 1.807) is 0 Å². The summed E-state index contributed by atoms with van der Waals surface area (Å²) in [5.74, 6) is 0. The molecule has 1 saturated heterocycles. The van der Waals surface area contributed by atoms with Gasteiger partial charge in [0.15, 0.2) is 5.67 Å². The maximum absolute atomic E-state index is 13.3. The Kier molecular flexibility index (Phi) is 3.43. The Morgan fingerprint density at radius 2 is 2.08 bits per heavy atom. The number of hydrogen-bond acceptors (Lipinski definition) is 3. The van der Waals surface area contributed by atoms with Crippen LogP contribution in [0.5, 0.6) is 0 Å². The molecule has 0 radical (unpaired) electrons. The second-order valence-corrected chi connectivity index (χ2v) is 3.31.